The lowest BCUT2D eigenvalue weighted by atomic mass is 10.3. The predicted molar refractivity (Wildman–Crippen MR) is 79.0 cm³/mol. The number of thiocarbonyl (C=S) groups is 1. The Morgan fingerprint density at radius 1 is 1.33 bits per heavy atom. The molecular formula is C12H16ClN3OS. The molecule has 0 bridgehead atoms. The van der Waals surface area contributed by atoms with Gasteiger partial charge in [0, 0.05) is 21.1 Å². The van der Waals surface area contributed by atoms with E-state index in [1.54, 1.807) is 32.1 Å². The van der Waals surface area contributed by atoms with Gasteiger partial charge in [0.2, 0.25) is 5.91 Å². The summed E-state index contributed by atoms with van der Waals surface area (Å²) in [4.78, 5) is 14.7. The SMILES string of the molecule is CN(C)C(=O)CN(C)C(=S)Nc1ccccc1Cl. The van der Waals surface area contributed by atoms with E-state index >= 15 is 0 Å². The van der Waals surface area contributed by atoms with Gasteiger partial charge in [0.1, 0.15) is 0 Å². The average molecular weight is 286 g/mol. The monoisotopic (exact) mass is 285 g/mol. The van der Waals surface area contributed by atoms with Crippen LogP contribution in [0, 0.1) is 0 Å². The molecular weight excluding hydrogens is 270 g/mol. The molecule has 0 radical (unpaired) electrons. The summed E-state index contributed by atoms with van der Waals surface area (Å²) in [6.45, 7) is 0.225. The summed E-state index contributed by atoms with van der Waals surface area (Å²) < 4.78 is 0. The molecule has 1 N–H and O–H groups in total. The molecule has 0 aromatic heterocycles. The van der Waals surface area contributed by atoms with Crippen LogP contribution in [0.4, 0.5) is 5.69 Å². The Morgan fingerprint density at radius 2 is 1.94 bits per heavy atom. The van der Waals surface area contributed by atoms with Crippen molar-refractivity contribution in [2.75, 3.05) is 33.0 Å². The van der Waals surface area contributed by atoms with Crippen molar-refractivity contribution in [3.63, 3.8) is 0 Å². The largest absolute Gasteiger partial charge is 0.347 e. The quantitative estimate of drug-likeness (QED) is 0.863. The Bertz CT molecular complexity index is 451. The number of halogens is 1. The fourth-order valence-electron chi connectivity index (χ4n) is 1.19. The Hall–Kier alpha value is -1.33. The van der Waals surface area contributed by atoms with Gasteiger partial charge in [0.25, 0.3) is 0 Å². The van der Waals surface area contributed by atoms with Gasteiger partial charge >= 0.3 is 0 Å². The highest BCUT2D eigenvalue weighted by Crippen LogP contribution is 2.20. The van der Waals surface area contributed by atoms with E-state index in [-0.39, 0.29) is 12.5 Å². The number of anilines is 1. The van der Waals surface area contributed by atoms with Gasteiger partial charge in [-0.3, -0.25) is 4.79 Å². The van der Waals surface area contributed by atoms with Gasteiger partial charge in [-0.25, -0.2) is 0 Å². The van der Waals surface area contributed by atoms with E-state index in [9.17, 15) is 4.79 Å². The van der Waals surface area contributed by atoms with Crippen molar-refractivity contribution in [3.8, 4) is 0 Å². The first kappa shape index (κ1) is 14.7. The van der Waals surface area contributed by atoms with Crippen LogP contribution in [0.2, 0.25) is 5.02 Å². The molecule has 1 rings (SSSR count). The van der Waals surface area contributed by atoms with Crippen LogP contribution in [0.5, 0.6) is 0 Å². The molecule has 0 unspecified atom stereocenters. The number of hydrogen-bond donors (Lipinski definition) is 1. The van der Waals surface area contributed by atoms with Gasteiger partial charge in [-0.15, -0.1) is 0 Å². The van der Waals surface area contributed by atoms with Gasteiger partial charge in [0.05, 0.1) is 17.3 Å². The maximum Gasteiger partial charge on any atom is 0.241 e. The van der Waals surface area contributed by atoms with Crippen LogP contribution in [0.15, 0.2) is 24.3 Å². The van der Waals surface area contributed by atoms with Crippen molar-refractivity contribution < 1.29 is 4.79 Å². The second-order valence-electron chi connectivity index (χ2n) is 4.05. The van der Waals surface area contributed by atoms with E-state index in [1.807, 2.05) is 18.2 Å². The third-order valence-corrected chi connectivity index (χ3v) is 3.08. The van der Waals surface area contributed by atoms with Crippen LogP contribution in [-0.4, -0.2) is 48.5 Å². The smallest absolute Gasteiger partial charge is 0.241 e. The molecule has 0 fully saturated rings. The summed E-state index contributed by atoms with van der Waals surface area (Å²) in [6, 6.07) is 7.31. The van der Waals surface area contributed by atoms with Crippen molar-refractivity contribution >= 4 is 40.5 Å². The topological polar surface area (TPSA) is 35.6 Å². The number of benzene rings is 1. The first-order valence-corrected chi connectivity index (χ1v) is 6.17. The van der Waals surface area contributed by atoms with Crippen LogP contribution in [0.3, 0.4) is 0 Å². The molecule has 1 amide bonds. The maximum absolute atomic E-state index is 11.5. The average Bonchev–Trinajstić information content (AvgIpc) is 2.31. The highest BCUT2D eigenvalue weighted by molar-refractivity contribution is 7.80. The van der Waals surface area contributed by atoms with Crippen LogP contribution in [0.1, 0.15) is 0 Å². The molecule has 18 heavy (non-hydrogen) atoms. The minimum atomic E-state index is -0.0131. The van der Waals surface area contributed by atoms with E-state index < -0.39 is 0 Å². The fourth-order valence-corrected chi connectivity index (χ4v) is 1.55. The number of para-hydroxylation sites is 1. The lowest BCUT2D eigenvalue weighted by molar-refractivity contribution is -0.128. The summed E-state index contributed by atoms with van der Waals surface area (Å²) >= 11 is 11.2. The summed E-state index contributed by atoms with van der Waals surface area (Å²) in [5.74, 6) is -0.0131. The van der Waals surface area contributed by atoms with Gasteiger partial charge in [-0.1, -0.05) is 23.7 Å². The summed E-state index contributed by atoms with van der Waals surface area (Å²) in [5, 5.41) is 4.06. The van der Waals surface area contributed by atoms with Crippen LogP contribution >= 0.6 is 23.8 Å². The standard InChI is InChI=1S/C12H16ClN3OS/c1-15(2)11(17)8-16(3)12(18)14-10-7-5-4-6-9(10)13/h4-7H,8H2,1-3H3,(H,14,18). The Labute approximate surface area is 118 Å². The Kier molecular flexibility index (Phi) is 5.37. The molecule has 0 saturated carbocycles. The molecule has 6 heteroatoms. The summed E-state index contributed by atoms with van der Waals surface area (Å²) in [5.41, 5.74) is 0.730. The lowest BCUT2D eigenvalue weighted by Crippen LogP contribution is -2.39. The molecule has 1 aromatic carbocycles. The van der Waals surface area contributed by atoms with Crippen molar-refractivity contribution in [1.82, 2.24) is 9.80 Å². The highest BCUT2D eigenvalue weighted by atomic mass is 35.5. The molecule has 0 aliphatic heterocycles. The van der Waals surface area contributed by atoms with Gasteiger partial charge < -0.3 is 15.1 Å². The van der Waals surface area contributed by atoms with E-state index in [2.05, 4.69) is 5.32 Å². The number of nitrogens with one attached hydrogen (secondary N) is 1. The first-order chi connectivity index (χ1) is 8.41. The first-order valence-electron chi connectivity index (χ1n) is 5.38. The fraction of sp³-hybridized carbons (Fsp3) is 0.333. The number of carbonyl (C=O) groups excluding carboxylic acids is 1. The molecule has 98 valence electrons. The maximum atomic E-state index is 11.5. The zero-order valence-electron chi connectivity index (χ0n) is 10.6. The van der Waals surface area contributed by atoms with Crippen LogP contribution in [-0.2, 0) is 4.79 Å². The van der Waals surface area contributed by atoms with Crippen LogP contribution < -0.4 is 5.32 Å². The molecule has 0 atom stereocenters. The van der Waals surface area contributed by atoms with Gasteiger partial charge in [-0.05, 0) is 24.4 Å². The number of rotatable bonds is 3. The zero-order chi connectivity index (χ0) is 13.7. The van der Waals surface area contributed by atoms with E-state index in [0.717, 1.165) is 5.69 Å². The molecule has 4 nitrogen and oxygen atoms in total. The third-order valence-electron chi connectivity index (χ3n) is 2.33. The Balaban J connectivity index is 2.61. The van der Waals surface area contributed by atoms with Crippen LogP contribution in [0.25, 0.3) is 0 Å². The molecule has 0 saturated heterocycles. The van der Waals surface area contributed by atoms with Crippen molar-refractivity contribution in [2.45, 2.75) is 0 Å². The minimum Gasteiger partial charge on any atom is -0.347 e. The van der Waals surface area contributed by atoms with Crippen molar-refractivity contribution in [2.24, 2.45) is 0 Å². The van der Waals surface area contributed by atoms with E-state index in [1.165, 1.54) is 4.90 Å². The number of carbonyl (C=O) groups is 1. The highest BCUT2D eigenvalue weighted by Gasteiger charge is 2.12. The predicted octanol–water partition coefficient (Wildman–Crippen LogP) is 2.06. The van der Waals surface area contributed by atoms with E-state index in [0.29, 0.717) is 10.1 Å². The van der Waals surface area contributed by atoms with Crippen molar-refractivity contribution in [1.29, 1.82) is 0 Å². The molecule has 0 heterocycles. The number of hydrogen-bond acceptors (Lipinski definition) is 2. The van der Waals surface area contributed by atoms with E-state index in [4.69, 9.17) is 23.8 Å². The van der Waals surface area contributed by atoms with Gasteiger partial charge in [-0.2, -0.15) is 0 Å². The molecule has 0 aliphatic carbocycles. The zero-order valence-corrected chi connectivity index (χ0v) is 12.2. The second kappa shape index (κ2) is 6.56. The summed E-state index contributed by atoms with van der Waals surface area (Å²) in [7, 11) is 5.18. The number of nitrogens with zero attached hydrogens (tertiary/aromatic N) is 2. The lowest BCUT2D eigenvalue weighted by Gasteiger charge is -2.22. The molecule has 0 spiro atoms. The summed E-state index contributed by atoms with van der Waals surface area (Å²) in [6.07, 6.45) is 0. The Morgan fingerprint density at radius 3 is 2.50 bits per heavy atom. The number of amides is 1. The molecule has 0 aliphatic rings. The normalized spacial score (nSPS) is 9.78. The number of likely N-dealkylation sites (N-methyl/N-ethyl adjacent to an activating group) is 2. The third kappa shape index (κ3) is 4.16. The second-order valence-corrected chi connectivity index (χ2v) is 4.85. The molecule has 1 aromatic rings. The van der Waals surface area contributed by atoms with Gasteiger partial charge in [0.15, 0.2) is 5.11 Å². The minimum absolute atomic E-state index is 0.0131. The van der Waals surface area contributed by atoms with Crippen molar-refractivity contribution in [3.05, 3.63) is 29.3 Å².